The second-order valence-corrected chi connectivity index (χ2v) is 6.63. The molecule has 0 aliphatic rings. The number of rotatable bonds is 11. The summed E-state index contributed by atoms with van der Waals surface area (Å²) in [5.74, 6) is 0. The molecule has 0 saturated carbocycles. The summed E-state index contributed by atoms with van der Waals surface area (Å²) < 4.78 is 0. The summed E-state index contributed by atoms with van der Waals surface area (Å²) in [6.07, 6.45) is 11.7. The van der Waals surface area contributed by atoms with Crippen LogP contribution in [0, 0.1) is 13.8 Å². The molecule has 25 heavy (non-hydrogen) atoms. The van der Waals surface area contributed by atoms with E-state index in [-0.39, 0.29) is 31.6 Å². The smallest absolute Gasteiger partial charge is 0.392 e. The van der Waals surface area contributed by atoms with E-state index in [1.807, 2.05) is 25.1 Å². The van der Waals surface area contributed by atoms with Crippen molar-refractivity contribution >= 4 is 0 Å². The van der Waals surface area contributed by atoms with Crippen molar-refractivity contribution in [2.75, 3.05) is 0 Å². The van der Waals surface area contributed by atoms with Crippen LogP contribution in [-0.2, 0) is 6.61 Å². The summed E-state index contributed by atoms with van der Waals surface area (Å²) >= 11 is 0. The van der Waals surface area contributed by atoms with Gasteiger partial charge in [-0.05, 0) is 30.0 Å². The van der Waals surface area contributed by atoms with E-state index >= 15 is 0 Å². The van der Waals surface area contributed by atoms with Crippen molar-refractivity contribution < 1.29 is 29.1 Å². The van der Waals surface area contributed by atoms with Crippen molar-refractivity contribution in [3.63, 3.8) is 0 Å². The Balaban J connectivity index is 0. The van der Waals surface area contributed by atoms with Gasteiger partial charge in [0.15, 0.2) is 0 Å². The third-order valence-electron chi connectivity index (χ3n) is 4.31. The molecule has 1 atom stereocenters. The molecule has 2 N–H and O–H groups in total. The van der Waals surface area contributed by atoms with Crippen LogP contribution in [0.15, 0.2) is 18.2 Å². The van der Waals surface area contributed by atoms with Gasteiger partial charge < -0.3 is 17.1 Å². The van der Waals surface area contributed by atoms with E-state index in [9.17, 15) is 5.11 Å². The molecule has 0 aliphatic heterocycles. The molecule has 140 valence electrons. The molecule has 0 aromatic heterocycles. The van der Waals surface area contributed by atoms with E-state index in [1.165, 1.54) is 44.9 Å². The minimum Gasteiger partial charge on any atom is -0.392 e. The summed E-state index contributed by atoms with van der Waals surface area (Å²) in [5.41, 5.74) is 2.99. The van der Waals surface area contributed by atoms with Crippen LogP contribution in [-0.4, -0.2) is 10.2 Å². The Morgan fingerprint density at radius 1 is 0.960 bits per heavy atom. The van der Waals surface area contributed by atoms with Gasteiger partial charge in [0.1, 0.15) is 0 Å². The fourth-order valence-corrected chi connectivity index (χ4v) is 2.66. The van der Waals surface area contributed by atoms with Gasteiger partial charge in [-0.1, -0.05) is 83.4 Å². The van der Waals surface area contributed by atoms with E-state index in [0.29, 0.717) is 0 Å². The van der Waals surface area contributed by atoms with Crippen molar-refractivity contribution in [2.24, 2.45) is 0 Å². The SMILES string of the molecule is CCCCCCCCCC(O)c1ccc(CO)cc1C.[CH2-]CCC.[Li+]. The van der Waals surface area contributed by atoms with Crippen molar-refractivity contribution in [2.45, 2.75) is 97.7 Å². The van der Waals surface area contributed by atoms with Gasteiger partial charge in [-0.25, -0.2) is 0 Å². The molecule has 0 fully saturated rings. The first-order valence-electron chi connectivity index (χ1n) is 9.78. The van der Waals surface area contributed by atoms with Crippen molar-refractivity contribution in [1.29, 1.82) is 0 Å². The van der Waals surface area contributed by atoms with Crippen molar-refractivity contribution in [3.8, 4) is 0 Å². The first kappa shape index (κ1) is 27.0. The Morgan fingerprint density at radius 2 is 1.52 bits per heavy atom. The molecule has 0 bridgehead atoms. The second-order valence-electron chi connectivity index (χ2n) is 6.63. The Hall–Kier alpha value is -0.263. The van der Waals surface area contributed by atoms with Gasteiger partial charge in [0.2, 0.25) is 0 Å². The average molecular weight is 342 g/mol. The second kappa shape index (κ2) is 18.5. The maximum absolute atomic E-state index is 10.2. The summed E-state index contributed by atoms with van der Waals surface area (Å²) in [4.78, 5) is 0. The fraction of sp³-hybridized carbons (Fsp3) is 0.682. The normalized spacial score (nSPS) is 11.3. The van der Waals surface area contributed by atoms with Crippen LogP contribution in [0.3, 0.4) is 0 Å². The first-order valence-corrected chi connectivity index (χ1v) is 9.78. The fourth-order valence-electron chi connectivity index (χ4n) is 2.66. The molecular weight excluding hydrogens is 303 g/mol. The summed E-state index contributed by atoms with van der Waals surface area (Å²) in [7, 11) is 0. The molecular formula is C22H39LiO2. The molecule has 1 aromatic rings. The van der Waals surface area contributed by atoms with Crippen molar-refractivity contribution in [1.82, 2.24) is 0 Å². The summed E-state index contributed by atoms with van der Waals surface area (Å²) in [5, 5.41) is 19.3. The van der Waals surface area contributed by atoms with Gasteiger partial charge in [0.05, 0.1) is 12.7 Å². The van der Waals surface area contributed by atoms with Gasteiger partial charge >= 0.3 is 18.9 Å². The van der Waals surface area contributed by atoms with Crippen molar-refractivity contribution in [3.05, 3.63) is 41.8 Å². The van der Waals surface area contributed by atoms with Gasteiger partial charge in [-0.2, -0.15) is 6.42 Å². The minimum absolute atomic E-state index is 0. The predicted octanol–water partition coefficient (Wildman–Crippen LogP) is 3.29. The number of unbranched alkanes of at least 4 members (excludes halogenated alkanes) is 7. The van der Waals surface area contributed by atoms with E-state index < -0.39 is 0 Å². The van der Waals surface area contributed by atoms with Gasteiger partial charge in [-0.3, -0.25) is 0 Å². The predicted molar refractivity (Wildman–Crippen MR) is 105 cm³/mol. The molecule has 0 amide bonds. The molecule has 0 aliphatic carbocycles. The Kier molecular flexibility index (Phi) is 20.0. The maximum atomic E-state index is 10.2. The quantitative estimate of drug-likeness (QED) is 0.368. The Bertz CT molecular complexity index is 405. The molecule has 0 spiro atoms. The van der Waals surface area contributed by atoms with E-state index in [4.69, 9.17) is 5.11 Å². The standard InChI is InChI=1S/C18H30O2.C4H9.Li/c1-3-4-5-6-7-8-9-10-18(20)17-12-11-16(14-19)13-15(17)2;1-3-4-2;/h11-13,18-20H,3-10,14H2,1-2H3;1,3-4H2,2H3;/q;-1;+1. The van der Waals surface area contributed by atoms with Crippen LogP contribution >= 0.6 is 0 Å². The van der Waals surface area contributed by atoms with E-state index in [2.05, 4.69) is 20.8 Å². The number of benzene rings is 1. The third-order valence-corrected chi connectivity index (χ3v) is 4.31. The molecule has 1 aromatic carbocycles. The average Bonchev–Trinajstić information content (AvgIpc) is 2.60. The Morgan fingerprint density at radius 3 is 2.00 bits per heavy atom. The van der Waals surface area contributed by atoms with Crippen LogP contribution in [0.4, 0.5) is 0 Å². The summed E-state index contributed by atoms with van der Waals surface area (Å²) in [6, 6.07) is 5.81. The zero-order valence-electron chi connectivity index (χ0n) is 17.2. The number of aryl methyl sites for hydroxylation is 1. The van der Waals surface area contributed by atoms with Crippen LogP contribution in [0.25, 0.3) is 0 Å². The molecule has 1 rings (SSSR count). The van der Waals surface area contributed by atoms with Crippen LogP contribution in [0.5, 0.6) is 0 Å². The number of aliphatic hydroxyl groups excluding tert-OH is 2. The van der Waals surface area contributed by atoms with Crippen LogP contribution in [0.1, 0.15) is 101 Å². The molecule has 0 saturated heterocycles. The number of hydrogen-bond acceptors (Lipinski definition) is 2. The monoisotopic (exact) mass is 342 g/mol. The zero-order valence-corrected chi connectivity index (χ0v) is 17.2. The molecule has 0 radical (unpaired) electrons. The zero-order chi connectivity index (χ0) is 18.2. The molecule has 1 unspecified atom stereocenters. The maximum Gasteiger partial charge on any atom is 1.00 e. The third kappa shape index (κ3) is 13.6. The van der Waals surface area contributed by atoms with E-state index in [1.54, 1.807) is 0 Å². The molecule has 3 heteroatoms. The molecule has 2 nitrogen and oxygen atoms in total. The number of hydrogen-bond donors (Lipinski definition) is 2. The summed E-state index contributed by atoms with van der Waals surface area (Å²) in [6.45, 7) is 10.0. The minimum atomic E-state index is -0.363. The Labute approximate surface area is 168 Å². The van der Waals surface area contributed by atoms with Crippen LogP contribution < -0.4 is 18.9 Å². The van der Waals surface area contributed by atoms with E-state index in [0.717, 1.165) is 36.0 Å². The topological polar surface area (TPSA) is 40.5 Å². The largest absolute Gasteiger partial charge is 1.00 e. The van der Waals surface area contributed by atoms with Crippen LogP contribution in [0.2, 0.25) is 0 Å². The molecule has 0 heterocycles. The first-order chi connectivity index (χ1) is 11.6. The van der Waals surface area contributed by atoms with Gasteiger partial charge in [0.25, 0.3) is 0 Å². The van der Waals surface area contributed by atoms with Gasteiger partial charge in [0, 0.05) is 0 Å². The number of aliphatic hydroxyl groups is 2. The van der Waals surface area contributed by atoms with Gasteiger partial charge in [-0.15, -0.1) is 0 Å².